The first-order valence-corrected chi connectivity index (χ1v) is 6.74. The average molecular weight is 296 g/mol. The Bertz CT molecular complexity index is 475. The number of nitrogen functional groups attached to an aromatic ring is 1. The van der Waals surface area contributed by atoms with Crippen LogP contribution >= 0.6 is 0 Å². The Hall–Kier alpha value is -1.79. The topological polar surface area (TPSA) is 82.8 Å². The summed E-state index contributed by atoms with van der Waals surface area (Å²) in [6.45, 7) is 4.37. The molecule has 0 aliphatic heterocycles. The second kappa shape index (κ2) is 7.85. The molecule has 118 valence electrons. The van der Waals surface area contributed by atoms with E-state index in [2.05, 4.69) is 5.32 Å². The van der Waals surface area contributed by atoms with Crippen LogP contribution in [-0.4, -0.2) is 38.9 Å². The lowest BCUT2D eigenvalue weighted by atomic mass is 10.1. The molecule has 0 unspecified atom stereocenters. The molecule has 3 N–H and O–H groups in total. The van der Waals surface area contributed by atoms with Crippen molar-refractivity contribution in [1.29, 1.82) is 0 Å². The molecule has 0 radical (unpaired) electrons. The van der Waals surface area contributed by atoms with Crippen LogP contribution in [0.1, 0.15) is 20.3 Å². The summed E-state index contributed by atoms with van der Waals surface area (Å²) in [5, 5.41) is 2.72. The van der Waals surface area contributed by atoms with E-state index in [-0.39, 0.29) is 18.1 Å². The van der Waals surface area contributed by atoms with Gasteiger partial charge < -0.3 is 25.3 Å². The van der Waals surface area contributed by atoms with Crippen LogP contribution in [0, 0.1) is 0 Å². The van der Waals surface area contributed by atoms with E-state index < -0.39 is 0 Å². The maximum absolute atomic E-state index is 11.8. The number of hydrogen-bond donors (Lipinski definition) is 2. The molecule has 0 spiro atoms. The molecular weight excluding hydrogens is 272 g/mol. The molecular formula is C15H24N2O4. The van der Waals surface area contributed by atoms with E-state index in [1.54, 1.807) is 25.3 Å². The van der Waals surface area contributed by atoms with Crippen molar-refractivity contribution in [3.05, 3.63) is 18.2 Å². The second-order valence-corrected chi connectivity index (χ2v) is 5.27. The Morgan fingerprint density at radius 2 is 2.05 bits per heavy atom. The summed E-state index contributed by atoms with van der Waals surface area (Å²) in [6.07, 6.45) is 0.710. The van der Waals surface area contributed by atoms with Gasteiger partial charge in [-0.3, -0.25) is 4.79 Å². The lowest BCUT2D eigenvalue weighted by Gasteiger charge is -2.22. The summed E-state index contributed by atoms with van der Waals surface area (Å²) >= 11 is 0. The zero-order valence-corrected chi connectivity index (χ0v) is 13.1. The van der Waals surface area contributed by atoms with Crippen LogP contribution in [0.15, 0.2) is 18.2 Å². The maximum atomic E-state index is 11.8. The Morgan fingerprint density at radius 3 is 2.67 bits per heavy atom. The summed E-state index contributed by atoms with van der Waals surface area (Å²) in [5.41, 5.74) is 6.54. The predicted octanol–water partition coefficient (Wildman–Crippen LogP) is 2.05. The second-order valence-electron chi connectivity index (χ2n) is 5.27. The summed E-state index contributed by atoms with van der Waals surface area (Å²) in [5.74, 6) is 0.275. The van der Waals surface area contributed by atoms with Gasteiger partial charge >= 0.3 is 0 Å². The number of carbonyl (C=O) groups excluding carboxylic acids is 1. The van der Waals surface area contributed by atoms with Crippen LogP contribution in [0.25, 0.3) is 0 Å². The third kappa shape index (κ3) is 6.01. The fourth-order valence-corrected chi connectivity index (χ4v) is 1.58. The van der Waals surface area contributed by atoms with Crippen molar-refractivity contribution < 1.29 is 19.0 Å². The summed E-state index contributed by atoms with van der Waals surface area (Å²) in [7, 11) is 3.17. The van der Waals surface area contributed by atoms with E-state index in [0.29, 0.717) is 30.2 Å². The third-order valence-electron chi connectivity index (χ3n) is 3.13. The highest BCUT2D eigenvalue weighted by atomic mass is 16.5. The highest BCUT2D eigenvalue weighted by Crippen LogP contribution is 2.26. The van der Waals surface area contributed by atoms with E-state index in [9.17, 15) is 4.79 Å². The van der Waals surface area contributed by atoms with Crippen molar-refractivity contribution in [3.8, 4) is 5.75 Å². The van der Waals surface area contributed by atoms with E-state index >= 15 is 0 Å². The molecule has 0 saturated heterocycles. The van der Waals surface area contributed by atoms with Gasteiger partial charge in [-0.15, -0.1) is 0 Å². The van der Waals surface area contributed by atoms with Crippen LogP contribution in [-0.2, 0) is 14.3 Å². The molecule has 0 aromatic heterocycles. The zero-order valence-electron chi connectivity index (χ0n) is 13.1. The molecule has 0 atom stereocenters. The van der Waals surface area contributed by atoms with E-state index in [1.165, 1.54) is 7.11 Å². The molecule has 0 fully saturated rings. The van der Waals surface area contributed by atoms with Crippen molar-refractivity contribution in [3.63, 3.8) is 0 Å². The molecule has 6 heteroatoms. The smallest absolute Gasteiger partial charge is 0.250 e. The number of carbonyl (C=O) groups is 1. The van der Waals surface area contributed by atoms with Gasteiger partial charge in [0.25, 0.3) is 0 Å². The van der Waals surface area contributed by atoms with E-state index in [0.717, 1.165) is 0 Å². The van der Waals surface area contributed by atoms with Crippen LogP contribution < -0.4 is 15.8 Å². The normalized spacial score (nSPS) is 11.2. The Balaban J connectivity index is 2.41. The maximum Gasteiger partial charge on any atom is 0.250 e. The van der Waals surface area contributed by atoms with E-state index in [4.69, 9.17) is 19.9 Å². The first kappa shape index (κ1) is 17.3. The van der Waals surface area contributed by atoms with Gasteiger partial charge in [-0.05, 0) is 32.4 Å². The highest BCUT2D eigenvalue weighted by molar-refractivity contribution is 5.93. The number of amides is 1. The highest BCUT2D eigenvalue weighted by Gasteiger charge is 2.16. The Morgan fingerprint density at radius 1 is 1.33 bits per heavy atom. The van der Waals surface area contributed by atoms with Crippen LogP contribution in [0.4, 0.5) is 11.4 Å². The monoisotopic (exact) mass is 296 g/mol. The third-order valence-corrected chi connectivity index (χ3v) is 3.13. The van der Waals surface area contributed by atoms with Gasteiger partial charge in [-0.25, -0.2) is 0 Å². The minimum Gasteiger partial charge on any atom is -0.494 e. The fraction of sp³-hybridized carbons (Fsp3) is 0.533. The molecule has 1 rings (SSSR count). The number of rotatable bonds is 8. The number of ether oxygens (including phenoxy) is 3. The number of nitrogens with two attached hydrogens (primary N) is 1. The van der Waals surface area contributed by atoms with Crippen molar-refractivity contribution in [2.45, 2.75) is 25.9 Å². The number of benzene rings is 1. The fourth-order valence-electron chi connectivity index (χ4n) is 1.58. The van der Waals surface area contributed by atoms with Gasteiger partial charge in [0.05, 0.1) is 18.4 Å². The van der Waals surface area contributed by atoms with Gasteiger partial charge in [-0.1, -0.05) is 0 Å². The van der Waals surface area contributed by atoms with Crippen molar-refractivity contribution in [2.75, 3.05) is 38.5 Å². The number of anilines is 2. The van der Waals surface area contributed by atoms with Crippen molar-refractivity contribution >= 4 is 17.3 Å². The summed E-state index contributed by atoms with van der Waals surface area (Å²) in [6, 6.07) is 5.04. The number of nitrogens with one attached hydrogen (secondary N) is 1. The first-order valence-electron chi connectivity index (χ1n) is 6.74. The van der Waals surface area contributed by atoms with Gasteiger partial charge in [0.1, 0.15) is 12.4 Å². The Kier molecular flexibility index (Phi) is 6.45. The van der Waals surface area contributed by atoms with E-state index in [1.807, 2.05) is 13.8 Å². The van der Waals surface area contributed by atoms with Gasteiger partial charge in [0.15, 0.2) is 0 Å². The molecule has 0 aliphatic carbocycles. The predicted molar refractivity (Wildman–Crippen MR) is 82.6 cm³/mol. The van der Waals surface area contributed by atoms with Crippen molar-refractivity contribution in [1.82, 2.24) is 0 Å². The SMILES string of the molecule is COc1cc(N)ccc1NC(=O)COCCC(C)(C)OC. The molecule has 0 aliphatic rings. The summed E-state index contributed by atoms with van der Waals surface area (Å²) in [4.78, 5) is 11.8. The number of hydrogen-bond acceptors (Lipinski definition) is 5. The van der Waals surface area contributed by atoms with Gasteiger partial charge in [0, 0.05) is 25.5 Å². The zero-order chi connectivity index (χ0) is 15.9. The van der Waals surface area contributed by atoms with Crippen molar-refractivity contribution in [2.24, 2.45) is 0 Å². The first-order chi connectivity index (χ1) is 9.88. The molecule has 0 heterocycles. The Labute approximate surface area is 125 Å². The van der Waals surface area contributed by atoms with Gasteiger partial charge in [0.2, 0.25) is 5.91 Å². The molecule has 1 aromatic rings. The van der Waals surface area contributed by atoms with Crippen LogP contribution in [0.2, 0.25) is 0 Å². The molecule has 21 heavy (non-hydrogen) atoms. The molecule has 0 saturated carbocycles. The standard InChI is InChI=1S/C15H24N2O4/c1-15(2,20-4)7-8-21-10-14(18)17-12-6-5-11(16)9-13(12)19-3/h5-6,9H,7-8,10,16H2,1-4H3,(H,17,18). The van der Waals surface area contributed by atoms with Crippen LogP contribution in [0.5, 0.6) is 5.75 Å². The molecule has 6 nitrogen and oxygen atoms in total. The number of methoxy groups -OCH3 is 2. The minimum absolute atomic E-state index is 0.0205. The summed E-state index contributed by atoms with van der Waals surface area (Å²) < 4.78 is 15.8. The molecule has 1 aromatic carbocycles. The molecule has 1 amide bonds. The lowest BCUT2D eigenvalue weighted by Crippen LogP contribution is -2.26. The van der Waals surface area contributed by atoms with Crippen LogP contribution in [0.3, 0.4) is 0 Å². The minimum atomic E-state index is -0.253. The lowest BCUT2D eigenvalue weighted by molar-refractivity contribution is -0.121. The average Bonchev–Trinajstić information content (AvgIpc) is 2.45. The molecule has 0 bridgehead atoms. The quantitative estimate of drug-likeness (QED) is 0.566. The largest absolute Gasteiger partial charge is 0.494 e. The van der Waals surface area contributed by atoms with Gasteiger partial charge in [-0.2, -0.15) is 0 Å².